The van der Waals surface area contributed by atoms with Crippen molar-refractivity contribution < 1.29 is 0 Å². The van der Waals surface area contributed by atoms with Gasteiger partial charge in [-0.25, -0.2) is 4.98 Å². The Morgan fingerprint density at radius 1 is 1.12 bits per heavy atom. The van der Waals surface area contributed by atoms with E-state index in [-0.39, 0.29) is 11.1 Å². The van der Waals surface area contributed by atoms with E-state index in [2.05, 4.69) is 15.3 Å². The molecule has 124 valence electrons. The molecule has 2 aromatic carbocycles. The van der Waals surface area contributed by atoms with Crippen molar-refractivity contribution >= 4 is 22.8 Å². The van der Waals surface area contributed by atoms with Crippen molar-refractivity contribution in [1.82, 2.24) is 24.5 Å². The number of nitrogens with zero attached hydrogens (tertiary/aromatic N) is 5. The molecule has 2 heterocycles. The highest BCUT2D eigenvalue weighted by Crippen LogP contribution is 2.16. The van der Waals surface area contributed by atoms with Gasteiger partial charge in [-0.2, -0.15) is 4.68 Å². The quantitative estimate of drug-likeness (QED) is 0.569. The fourth-order valence-electron chi connectivity index (χ4n) is 2.75. The Hall–Kier alpha value is -2.99. The highest BCUT2D eigenvalue weighted by atomic mass is 35.5. The summed E-state index contributed by atoms with van der Waals surface area (Å²) in [7, 11) is 0. The third kappa shape index (κ3) is 2.92. The maximum atomic E-state index is 12.7. The molecule has 7 heteroatoms. The first-order valence-electron chi connectivity index (χ1n) is 7.74. The summed E-state index contributed by atoms with van der Waals surface area (Å²) in [5, 5.41) is 8.66. The van der Waals surface area contributed by atoms with Gasteiger partial charge < -0.3 is 0 Å². The van der Waals surface area contributed by atoms with Gasteiger partial charge in [0.15, 0.2) is 11.2 Å². The van der Waals surface area contributed by atoms with Crippen LogP contribution in [0.25, 0.3) is 16.9 Å². The summed E-state index contributed by atoms with van der Waals surface area (Å²) in [5.74, 6) is 0. The molecular formula is C18H14ClN5O. The van der Waals surface area contributed by atoms with E-state index in [1.165, 1.54) is 15.6 Å². The third-order valence-corrected chi connectivity index (χ3v) is 4.15. The molecular weight excluding hydrogens is 338 g/mol. The summed E-state index contributed by atoms with van der Waals surface area (Å²) in [5.41, 5.74) is 3.30. The van der Waals surface area contributed by atoms with Crippen LogP contribution in [-0.2, 0) is 6.54 Å². The first kappa shape index (κ1) is 15.5. The zero-order valence-electron chi connectivity index (χ0n) is 13.4. The molecule has 0 spiro atoms. The van der Waals surface area contributed by atoms with Crippen molar-refractivity contribution in [1.29, 1.82) is 0 Å². The number of fused-ring (bicyclic) bond motifs is 1. The van der Waals surface area contributed by atoms with Gasteiger partial charge in [0.25, 0.3) is 5.56 Å². The lowest BCUT2D eigenvalue weighted by Crippen LogP contribution is -2.21. The Morgan fingerprint density at radius 3 is 2.76 bits per heavy atom. The van der Waals surface area contributed by atoms with Gasteiger partial charge in [-0.1, -0.05) is 52.7 Å². The van der Waals surface area contributed by atoms with E-state index < -0.39 is 0 Å². The van der Waals surface area contributed by atoms with Crippen LogP contribution >= 0.6 is 11.6 Å². The molecule has 0 radical (unpaired) electrons. The fraction of sp³-hybridized carbons (Fsp3) is 0.111. The number of aryl methyl sites for hydroxylation is 1. The van der Waals surface area contributed by atoms with Crippen molar-refractivity contribution in [2.24, 2.45) is 0 Å². The van der Waals surface area contributed by atoms with E-state index >= 15 is 0 Å². The molecule has 0 atom stereocenters. The predicted molar refractivity (Wildman–Crippen MR) is 96.2 cm³/mol. The molecule has 0 amide bonds. The first-order valence-corrected chi connectivity index (χ1v) is 8.12. The predicted octanol–water partition coefficient (Wildman–Crippen LogP) is 2.99. The third-order valence-electron chi connectivity index (χ3n) is 3.92. The van der Waals surface area contributed by atoms with Crippen molar-refractivity contribution in [3.8, 4) is 5.69 Å². The van der Waals surface area contributed by atoms with Crippen LogP contribution in [-0.4, -0.2) is 24.5 Å². The molecule has 4 aromatic rings. The standard InChI is InChI=1S/C18H14ClN5O/c1-12-4-2-5-13(8-12)10-23-11-20-17-16(18(23)25)21-22-24(17)15-7-3-6-14(19)9-15/h2-9,11H,10H2,1H3. The van der Waals surface area contributed by atoms with Crippen molar-refractivity contribution in [2.75, 3.05) is 0 Å². The van der Waals surface area contributed by atoms with E-state index in [1.807, 2.05) is 43.3 Å². The maximum Gasteiger partial charge on any atom is 0.283 e. The number of hydrogen-bond acceptors (Lipinski definition) is 4. The molecule has 0 aliphatic rings. The van der Waals surface area contributed by atoms with Gasteiger partial charge in [-0.05, 0) is 30.7 Å². The van der Waals surface area contributed by atoms with Crippen molar-refractivity contribution in [3.05, 3.63) is 81.4 Å². The molecule has 0 bridgehead atoms. The van der Waals surface area contributed by atoms with Gasteiger partial charge in [0.05, 0.1) is 12.2 Å². The van der Waals surface area contributed by atoms with Crippen LogP contribution in [0.5, 0.6) is 0 Å². The molecule has 0 aliphatic carbocycles. The Kier molecular flexibility index (Phi) is 3.82. The average Bonchev–Trinajstić information content (AvgIpc) is 3.02. The summed E-state index contributed by atoms with van der Waals surface area (Å²) in [4.78, 5) is 17.1. The second kappa shape index (κ2) is 6.14. The lowest BCUT2D eigenvalue weighted by Gasteiger charge is -2.06. The number of halogens is 1. The molecule has 0 fully saturated rings. The SMILES string of the molecule is Cc1cccc(Cn2cnc3c(nnn3-c3cccc(Cl)c3)c2=O)c1. The van der Waals surface area contributed by atoms with Gasteiger partial charge in [-0.3, -0.25) is 9.36 Å². The Bertz CT molecular complexity index is 1130. The minimum atomic E-state index is -0.222. The van der Waals surface area contributed by atoms with Gasteiger partial charge in [-0.15, -0.1) is 5.10 Å². The highest BCUT2D eigenvalue weighted by Gasteiger charge is 2.13. The van der Waals surface area contributed by atoms with E-state index in [9.17, 15) is 4.79 Å². The molecule has 2 aromatic heterocycles. The van der Waals surface area contributed by atoms with Crippen LogP contribution in [0, 0.1) is 6.92 Å². The summed E-state index contributed by atoms with van der Waals surface area (Å²) >= 11 is 6.02. The summed E-state index contributed by atoms with van der Waals surface area (Å²) in [6.45, 7) is 2.46. The van der Waals surface area contributed by atoms with Crippen LogP contribution in [0.3, 0.4) is 0 Å². The topological polar surface area (TPSA) is 65.6 Å². The molecule has 4 rings (SSSR count). The smallest absolute Gasteiger partial charge is 0.283 e. The number of hydrogen-bond donors (Lipinski definition) is 0. The lowest BCUT2D eigenvalue weighted by atomic mass is 10.1. The fourth-order valence-corrected chi connectivity index (χ4v) is 2.93. The first-order chi connectivity index (χ1) is 12.1. The zero-order chi connectivity index (χ0) is 17.4. The molecule has 0 aliphatic heterocycles. The number of aromatic nitrogens is 5. The van der Waals surface area contributed by atoms with Crippen LogP contribution in [0.1, 0.15) is 11.1 Å². The second-order valence-electron chi connectivity index (χ2n) is 5.82. The normalized spacial score (nSPS) is 11.1. The zero-order valence-corrected chi connectivity index (χ0v) is 14.2. The largest absolute Gasteiger partial charge is 0.293 e. The van der Waals surface area contributed by atoms with Crippen molar-refractivity contribution in [3.63, 3.8) is 0 Å². The molecule has 0 saturated carbocycles. The van der Waals surface area contributed by atoms with Crippen LogP contribution < -0.4 is 5.56 Å². The van der Waals surface area contributed by atoms with Gasteiger partial charge >= 0.3 is 0 Å². The Morgan fingerprint density at radius 2 is 1.96 bits per heavy atom. The maximum absolute atomic E-state index is 12.7. The summed E-state index contributed by atoms with van der Waals surface area (Å²) < 4.78 is 3.05. The number of rotatable bonds is 3. The Labute approximate surface area is 148 Å². The minimum Gasteiger partial charge on any atom is -0.293 e. The van der Waals surface area contributed by atoms with Gasteiger partial charge in [0, 0.05) is 5.02 Å². The van der Waals surface area contributed by atoms with E-state index in [0.717, 1.165) is 11.1 Å². The molecule has 25 heavy (non-hydrogen) atoms. The van der Waals surface area contributed by atoms with Gasteiger partial charge in [0.1, 0.15) is 6.33 Å². The molecule has 0 saturated heterocycles. The van der Waals surface area contributed by atoms with Crippen LogP contribution in [0.2, 0.25) is 5.02 Å². The van der Waals surface area contributed by atoms with E-state index in [4.69, 9.17) is 11.6 Å². The lowest BCUT2D eigenvalue weighted by molar-refractivity contribution is 0.744. The highest BCUT2D eigenvalue weighted by molar-refractivity contribution is 6.30. The monoisotopic (exact) mass is 351 g/mol. The van der Waals surface area contributed by atoms with Crippen molar-refractivity contribution in [2.45, 2.75) is 13.5 Å². The molecule has 6 nitrogen and oxygen atoms in total. The van der Waals surface area contributed by atoms with E-state index in [0.29, 0.717) is 22.9 Å². The van der Waals surface area contributed by atoms with Crippen LogP contribution in [0.4, 0.5) is 0 Å². The summed E-state index contributed by atoms with van der Waals surface area (Å²) in [6, 6.07) is 15.2. The molecule has 0 N–H and O–H groups in total. The molecule has 0 unspecified atom stereocenters. The second-order valence-corrected chi connectivity index (χ2v) is 6.26. The van der Waals surface area contributed by atoms with Crippen LogP contribution in [0.15, 0.2) is 59.7 Å². The number of benzene rings is 2. The Balaban J connectivity index is 1.78. The van der Waals surface area contributed by atoms with E-state index in [1.54, 1.807) is 12.1 Å². The van der Waals surface area contributed by atoms with Gasteiger partial charge in [0.2, 0.25) is 0 Å². The average molecular weight is 352 g/mol. The minimum absolute atomic E-state index is 0.222. The summed E-state index contributed by atoms with van der Waals surface area (Å²) in [6.07, 6.45) is 1.53.